The van der Waals surface area contributed by atoms with Gasteiger partial charge in [0.1, 0.15) is 0 Å². The van der Waals surface area contributed by atoms with Crippen LogP contribution in [-0.4, -0.2) is 51.8 Å². The molecule has 2 amide bonds. The summed E-state index contributed by atoms with van der Waals surface area (Å²) in [5, 5.41) is 0. The van der Waals surface area contributed by atoms with E-state index in [-0.39, 0.29) is 10.5 Å². The van der Waals surface area contributed by atoms with Crippen molar-refractivity contribution in [3.8, 4) is 11.5 Å². The molecule has 0 saturated carbocycles. The zero-order chi connectivity index (χ0) is 24.6. The zero-order valence-electron chi connectivity index (χ0n) is 19.5. The number of hydrogen-bond acceptors (Lipinski definition) is 6. The fraction of sp³-hybridized carbons (Fsp3) is 0.391. The first-order valence-corrected chi connectivity index (χ1v) is 11.9. The van der Waals surface area contributed by atoms with Crippen LogP contribution in [0.2, 0.25) is 0 Å². The summed E-state index contributed by atoms with van der Waals surface area (Å²) in [4.78, 5) is 24.7. The Bertz CT molecular complexity index is 1070. The lowest BCUT2D eigenvalue weighted by Crippen LogP contribution is -2.46. The van der Waals surface area contributed by atoms with Crippen molar-refractivity contribution in [3.05, 3.63) is 53.6 Å². The number of carbonyl (C=O) groups excluding carboxylic acids is 2. The summed E-state index contributed by atoms with van der Waals surface area (Å²) in [5.74, 6) is 0.125. The Morgan fingerprint density at radius 2 is 1.70 bits per heavy atom. The molecule has 0 fully saturated rings. The third-order valence-corrected chi connectivity index (χ3v) is 6.61. The molecule has 0 aliphatic carbocycles. The second-order valence-corrected chi connectivity index (χ2v) is 10.0. The van der Waals surface area contributed by atoms with Crippen LogP contribution in [0.1, 0.15) is 36.2 Å². The van der Waals surface area contributed by atoms with E-state index >= 15 is 0 Å². The molecule has 0 aliphatic rings. The largest absolute Gasteiger partial charge is 0.493 e. The van der Waals surface area contributed by atoms with Crippen LogP contribution in [0.3, 0.4) is 0 Å². The Kier molecular flexibility index (Phi) is 9.24. The molecular formula is C23H31N3O6S. The van der Waals surface area contributed by atoms with Gasteiger partial charge in [-0.1, -0.05) is 31.5 Å². The van der Waals surface area contributed by atoms with Crippen molar-refractivity contribution >= 4 is 21.8 Å². The van der Waals surface area contributed by atoms with Crippen molar-refractivity contribution in [2.24, 2.45) is 5.92 Å². The Morgan fingerprint density at radius 3 is 2.30 bits per heavy atom. The minimum absolute atomic E-state index is 0.0789. The van der Waals surface area contributed by atoms with Crippen LogP contribution >= 0.6 is 0 Å². The molecule has 0 saturated heterocycles. The number of amides is 2. The Balaban J connectivity index is 1.94. The van der Waals surface area contributed by atoms with Crippen molar-refractivity contribution in [2.45, 2.75) is 32.1 Å². The first-order valence-electron chi connectivity index (χ1n) is 10.5. The standard InChI is InChI=1S/C23H31N3O6S/c1-16(2)12-13-32-20-11-8-18(14-21(20)31-5)23(28)25-24-22(27)15-26(4)33(29,30)19-9-6-17(3)7-10-19/h6-11,14,16H,12-13,15H2,1-5H3,(H,24,27)(H,25,28). The minimum atomic E-state index is -3.84. The van der Waals surface area contributed by atoms with Gasteiger partial charge in [0.2, 0.25) is 10.0 Å². The van der Waals surface area contributed by atoms with E-state index in [0.29, 0.717) is 24.0 Å². The second kappa shape index (κ2) is 11.7. The van der Waals surface area contributed by atoms with Gasteiger partial charge in [-0.2, -0.15) is 4.31 Å². The first kappa shape index (κ1) is 26.1. The average Bonchev–Trinajstić information content (AvgIpc) is 2.77. The SMILES string of the molecule is COc1cc(C(=O)NNC(=O)CN(C)S(=O)(=O)c2ccc(C)cc2)ccc1OCCC(C)C. The fourth-order valence-electron chi connectivity index (χ4n) is 2.75. The van der Waals surface area contributed by atoms with E-state index in [2.05, 4.69) is 24.7 Å². The third kappa shape index (κ3) is 7.47. The van der Waals surface area contributed by atoms with Crippen LogP contribution in [-0.2, 0) is 14.8 Å². The number of benzene rings is 2. The van der Waals surface area contributed by atoms with Crippen molar-refractivity contribution in [3.63, 3.8) is 0 Å². The number of aryl methyl sites for hydroxylation is 1. The van der Waals surface area contributed by atoms with E-state index in [1.165, 1.54) is 32.4 Å². The van der Waals surface area contributed by atoms with Gasteiger partial charge in [-0.15, -0.1) is 0 Å². The maximum absolute atomic E-state index is 12.6. The molecule has 0 aromatic heterocycles. The summed E-state index contributed by atoms with van der Waals surface area (Å²) in [6.45, 7) is 6.09. The number of hydrogen-bond donors (Lipinski definition) is 2. The van der Waals surface area contributed by atoms with E-state index < -0.39 is 28.4 Å². The lowest BCUT2D eigenvalue weighted by atomic mass is 10.1. The Morgan fingerprint density at radius 1 is 1.03 bits per heavy atom. The minimum Gasteiger partial charge on any atom is -0.493 e. The highest BCUT2D eigenvalue weighted by Gasteiger charge is 2.23. The van der Waals surface area contributed by atoms with Gasteiger partial charge in [0.05, 0.1) is 25.2 Å². The Labute approximate surface area is 195 Å². The third-order valence-electron chi connectivity index (χ3n) is 4.79. The van der Waals surface area contributed by atoms with E-state index in [1.807, 2.05) is 6.92 Å². The second-order valence-electron chi connectivity index (χ2n) is 7.97. The molecule has 2 N–H and O–H groups in total. The topological polar surface area (TPSA) is 114 Å². The number of likely N-dealkylation sites (N-methyl/N-ethyl adjacent to an activating group) is 1. The number of hydrazine groups is 1. The molecule has 0 heterocycles. The van der Waals surface area contributed by atoms with Crippen LogP contribution in [0.4, 0.5) is 0 Å². The molecule has 9 nitrogen and oxygen atoms in total. The van der Waals surface area contributed by atoms with E-state index in [1.54, 1.807) is 24.3 Å². The monoisotopic (exact) mass is 477 g/mol. The smallest absolute Gasteiger partial charge is 0.269 e. The highest BCUT2D eigenvalue weighted by atomic mass is 32.2. The number of nitrogens with one attached hydrogen (secondary N) is 2. The molecular weight excluding hydrogens is 446 g/mol. The van der Waals surface area contributed by atoms with Gasteiger partial charge in [0.25, 0.3) is 11.8 Å². The van der Waals surface area contributed by atoms with Crippen molar-refractivity contribution in [1.29, 1.82) is 0 Å². The highest BCUT2D eigenvalue weighted by Crippen LogP contribution is 2.28. The van der Waals surface area contributed by atoms with Crippen LogP contribution in [0.5, 0.6) is 11.5 Å². The predicted octanol–water partition coefficient (Wildman–Crippen LogP) is 2.51. The van der Waals surface area contributed by atoms with Gasteiger partial charge in [0, 0.05) is 12.6 Å². The van der Waals surface area contributed by atoms with E-state index in [0.717, 1.165) is 16.3 Å². The van der Waals surface area contributed by atoms with Crippen molar-refractivity contribution in [2.75, 3.05) is 27.3 Å². The molecule has 10 heteroatoms. The summed E-state index contributed by atoms with van der Waals surface area (Å²) in [7, 11) is -1.08. The summed E-state index contributed by atoms with van der Waals surface area (Å²) < 4.78 is 37.1. The van der Waals surface area contributed by atoms with Crippen LogP contribution in [0, 0.1) is 12.8 Å². The summed E-state index contributed by atoms with van der Waals surface area (Å²) in [6, 6.07) is 11.0. The Hall–Kier alpha value is -3.11. The summed E-state index contributed by atoms with van der Waals surface area (Å²) in [5.41, 5.74) is 5.66. The van der Waals surface area contributed by atoms with Gasteiger partial charge in [-0.3, -0.25) is 20.4 Å². The molecule has 0 atom stereocenters. The van der Waals surface area contributed by atoms with Gasteiger partial charge in [-0.25, -0.2) is 8.42 Å². The summed E-state index contributed by atoms with van der Waals surface area (Å²) >= 11 is 0. The van der Waals surface area contributed by atoms with E-state index in [4.69, 9.17) is 9.47 Å². The first-order chi connectivity index (χ1) is 15.5. The lowest BCUT2D eigenvalue weighted by molar-refractivity contribution is -0.121. The fourth-order valence-corrected chi connectivity index (χ4v) is 3.88. The lowest BCUT2D eigenvalue weighted by Gasteiger charge is -2.17. The molecule has 0 aliphatic heterocycles. The van der Waals surface area contributed by atoms with Gasteiger partial charge < -0.3 is 9.47 Å². The zero-order valence-corrected chi connectivity index (χ0v) is 20.4. The molecule has 0 spiro atoms. The van der Waals surface area contributed by atoms with Crippen LogP contribution < -0.4 is 20.3 Å². The normalized spacial score (nSPS) is 11.4. The molecule has 33 heavy (non-hydrogen) atoms. The van der Waals surface area contributed by atoms with E-state index in [9.17, 15) is 18.0 Å². The number of carbonyl (C=O) groups is 2. The number of sulfonamides is 1. The molecule has 0 bridgehead atoms. The molecule has 0 radical (unpaired) electrons. The molecule has 2 aromatic rings. The van der Waals surface area contributed by atoms with Crippen molar-refractivity contribution in [1.82, 2.24) is 15.2 Å². The molecule has 0 unspecified atom stereocenters. The van der Waals surface area contributed by atoms with Crippen LogP contribution in [0.15, 0.2) is 47.4 Å². The van der Waals surface area contributed by atoms with Gasteiger partial charge >= 0.3 is 0 Å². The highest BCUT2D eigenvalue weighted by molar-refractivity contribution is 7.89. The maximum atomic E-state index is 12.6. The summed E-state index contributed by atoms with van der Waals surface area (Å²) in [6.07, 6.45) is 0.880. The number of nitrogens with zero attached hydrogens (tertiary/aromatic N) is 1. The number of rotatable bonds is 10. The number of ether oxygens (including phenoxy) is 2. The molecule has 180 valence electrons. The molecule has 2 rings (SSSR count). The predicted molar refractivity (Wildman–Crippen MR) is 125 cm³/mol. The maximum Gasteiger partial charge on any atom is 0.269 e. The van der Waals surface area contributed by atoms with Gasteiger partial charge in [0.15, 0.2) is 11.5 Å². The van der Waals surface area contributed by atoms with Crippen molar-refractivity contribution < 1.29 is 27.5 Å². The average molecular weight is 478 g/mol. The van der Waals surface area contributed by atoms with Crippen LogP contribution in [0.25, 0.3) is 0 Å². The quantitative estimate of drug-likeness (QED) is 0.508. The number of methoxy groups -OCH3 is 1. The molecule has 2 aromatic carbocycles. The van der Waals surface area contributed by atoms with Gasteiger partial charge in [-0.05, 0) is 49.6 Å².